The van der Waals surface area contributed by atoms with Gasteiger partial charge in [-0.05, 0) is 49.3 Å². The lowest BCUT2D eigenvalue weighted by molar-refractivity contribution is -0.132. The lowest BCUT2D eigenvalue weighted by Gasteiger charge is -2.30. The highest BCUT2D eigenvalue weighted by Crippen LogP contribution is 2.21. The van der Waals surface area contributed by atoms with Crippen LogP contribution >= 0.6 is 23.4 Å². The molecule has 0 saturated carbocycles. The number of hydrogen-bond donors (Lipinski definition) is 1. The monoisotopic (exact) mass is 312 g/mol. The molecule has 1 aromatic rings. The van der Waals surface area contributed by atoms with E-state index in [1.54, 1.807) is 11.8 Å². The van der Waals surface area contributed by atoms with Gasteiger partial charge in [0.2, 0.25) is 5.91 Å². The fourth-order valence-corrected chi connectivity index (χ4v) is 3.32. The number of carbonyl (C=O) groups is 1. The number of nitrogens with two attached hydrogens (primary N) is 1. The third kappa shape index (κ3) is 5.00. The summed E-state index contributed by atoms with van der Waals surface area (Å²) in [7, 11) is 0. The number of hydrogen-bond acceptors (Lipinski definition) is 3. The molecule has 1 aliphatic heterocycles. The van der Waals surface area contributed by atoms with Crippen LogP contribution in [0.25, 0.3) is 0 Å². The van der Waals surface area contributed by atoms with Crippen LogP contribution in [0, 0.1) is 0 Å². The van der Waals surface area contributed by atoms with Crippen molar-refractivity contribution in [3.05, 3.63) is 29.3 Å². The Kier molecular flexibility index (Phi) is 6.20. The Bertz CT molecular complexity index is 438. The number of nitrogens with zero attached hydrogens (tertiary/aromatic N) is 1. The average Bonchev–Trinajstić information content (AvgIpc) is 2.45. The third-order valence-corrected chi connectivity index (χ3v) is 4.78. The van der Waals surface area contributed by atoms with E-state index in [9.17, 15) is 4.79 Å². The normalized spacial score (nSPS) is 19.1. The van der Waals surface area contributed by atoms with Crippen LogP contribution in [0.15, 0.2) is 29.2 Å². The van der Waals surface area contributed by atoms with Crippen molar-refractivity contribution in [1.29, 1.82) is 0 Å². The molecule has 0 radical (unpaired) electrons. The van der Waals surface area contributed by atoms with Gasteiger partial charge in [-0.15, -0.1) is 11.8 Å². The van der Waals surface area contributed by atoms with Crippen LogP contribution in [-0.2, 0) is 4.79 Å². The largest absolute Gasteiger partial charge is 0.341 e. The summed E-state index contributed by atoms with van der Waals surface area (Å²) in [5, 5.41) is 0.756. The third-order valence-electron chi connectivity index (χ3n) is 3.43. The van der Waals surface area contributed by atoms with Gasteiger partial charge in [-0.2, -0.15) is 0 Å². The van der Waals surface area contributed by atoms with Gasteiger partial charge in [-0.25, -0.2) is 0 Å². The summed E-state index contributed by atoms with van der Waals surface area (Å²) in [6.45, 7) is 1.60. The van der Waals surface area contributed by atoms with E-state index in [1.165, 1.54) is 4.90 Å². The molecule has 0 spiro atoms. The molecule has 1 aliphatic rings. The van der Waals surface area contributed by atoms with Gasteiger partial charge in [-0.3, -0.25) is 4.79 Å². The highest BCUT2D eigenvalue weighted by molar-refractivity contribution is 7.99. The van der Waals surface area contributed by atoms with Crippen LogP contribution in [0.4, 0.5) is 0 Å². The van der Waals surface area contributed by atoms with Crippen LogP contribution in [0.5, 0.6) is 0 Å². The number of carbonyl (C=O) groups excluding carboxylic acids is 1. The van der Waals surface area contributed by atoms with Gasteiger partial charge in [-0.1, -0.05) is 11.6 Å². The van der Waals surface area contributed by atoms with Crippen molar-refractivity contribution in [2.75, 3.05) is 18.8 Å². The summed E-state index contributed by atoms with van der Waals surface area (Å²) in [5.41, 5.74) is 5.90. The summed E-state index contributed by atoms with van der Waals surface area (Å²) < 4.78 is 0. The first-order valence-corrected chi connectivity index (χ1v) is 8.43. The van der Waals surface area contributed by atoms with Gasteiger partial charge in [0.15, 0.2) is 0 Å². The minimum Gasteiger partial charge on any atom is -0.341 e. The van der Waals surface area contributed by atoms with Crippen molar-refractivity contribution < 1.29 is 4.79 Å². The number of likely N-dealkylation sites (tertiary alicyclic amines) is 1. The van der Waals surface area contributed by atoms with Crippen LogP contribution in [-0.4, -0.2) is 35.7 Å². The number of amides is 1. The van der Waals surface area contributed by atoms with E-state index in [1.807, 2.05) is 29.2 Å². The maximum Gasteiger partial charge on any atom is 0.222 e. The van der Waals surface area contributed by atoms with Crippen molar-refractivity contribution in [1.82, 2.24) is 4.90 Å². The lowest BCUT2D eigenvalue weighted by Crippen LogP contribution is -2.45. The van der Waals surface area contributed by atoms with Crippen molar-refractivity contribution in [2.45, 2.75) is 36.6 Å². The summed E-state index contributed by atoms with van der Waals surface area (Å²) in [6.07, 6.45) is 3.59. The maximum absolute atomic E-state index is 12.0. The van der Waals surface area contributed by atoms with Crippen molar-refractivity contribution in [2.24, 2.45) is 5.73 Å². The molecule has 5 heteroatoms. The molecular weight excluding hydrogens is 292 g/mol. The summed E-state index contributed by atoms with van der Waals surface area (Å²) in [5.74, 6) is 1.20. The Hall–Kier alpha value is -0.710. The van der Waals surface area contributed by atoms with Crippen LogP contribution in [0.2, 0.25) is 5.02 Å². The zero-order chi connectivity index (χ0) is 14.4. The molecule has 2 rings (SSSR count). The van der Waals surface area contributed by atoms with E-state index in [0.29, 0.717) is 6.42 Å². The second-order valence-corrected chi connectivity index (χ2v) is 6.75. The SMILES string of the molecule is NC1CCCN(C(=O)CCCSc2ccc(Cl)cc2)C1. The number of halogens is 1. The number of thioether (sulfide) groups is 1. The lowest BCUT2D eigenvalue weighted by atomic mass is 10.1. The molecule has 1 fully saturated rings. The molecule has 1 saturated heterocycles. The average molecular weight is 313 g/mol. The Morgan fingerprint density at radius 1 is 1.40 bits per heavy atom. The fraction of sp³-hybridized carbons (Fsp3) is 0.533. The van der Waals surface area contributed by atoms with Gasteiger partial charge >= 0.3 is 0 Å². The van der Waals surface area contributed by atoms with Gasteiger partial charge in [0.25, 0.3) is 0 Å². The first kappa shape index (κ1) is 15.7. The van der Waals surface area contributed by atoms with Crippen molar-refractivity contribution in [3.8, 4) is 0 Å². The molecule has 1 aromatic carbocycles. The fourth-order valence-electron chi connectivity index (χ4n) is 2.34. The molecule has 1 unspecified atom stereocenters. The van der Waals surface area contributed by atoms with Crippen molar-refractivity contribution >= 4 is 29.3 Å². The van der Waals surface area contributed by atoms with E-state index in [-0.39, 0.29) is 11.9 Å². The summed E-state index contributed by atoms with van der Waals surface area (Å²) >= 11 is 7.61. The van der Waals surface area contributed by atoms with E-state index in [0.717, 1.165) is 43.1 Å². The molecule has 1 atom stereocenters. The second-order valence-electron chi connectivity index (χ2n) is 5.15. The van der Waals surface area contributed by atoms with Gasteiger partial charge < -0.3 is 10.6 Å². The topological polar surface area (TPSA) is 46.3 Å². The molecule has 3 nitrogen and oxygen atoms in total. The molecule has 2 N–H and O–H groups in total. The number of rotatable bonds is 5. The van der Waals surface area contributed by atoms with E-state index < -0.39 is 0 Å². The number of benzene rings is 1. The second kappa shape index (κ2) is 7.91. The van der Waals surface area contributed by atoms with Crippen LogP contribution in [0.1, 0.15) is 25.7 Å². The van der Waals surface area contributed by atoms with Gasteiger partial charge in [0, 0.05) is 35.5 Å². The molecule has 110 valence electrons. The molecule has 20 heavy (non-hydrogen) atoms. The Morgan fingerprint density at radius 2 is 2.15 bits per heavy atom. The van der Waals surface area contributed by atoms with Gasteiger partial charge in [0.05, 0.1) is 0 Å². The molecule has 1 amide bonds. The Labute approximate surface area is 129 Å². The van der Waals surface area contributed by atoms with Gasteiger partial charge in [0.1, 0.15) is 0 Å². The first-order chi connectivity index (χ1) is 9.65. The molecule has 0 bridgehead atoms. The van der Waals surface area contributed by atoms with Crippen molar-refractivity contribution in [3.63, 3.8) is 0 Å². The quantitative estimate of drug-likeness (QED) is 0.671. The Balaban J connectivity index is 1.65. The molecule has 0 aliphatic carbocycles. The predicted molar refractivity (Wildman–Crippen MR) is 85.2 cm³/mol. The molecule has 0 aromatic heterocycles. The highest BCUT2D eigenvalue weighted by atomic mass is 35.5. The molecule has 1 heterocycles. The minimum atomic E-state index is 0.163. The first-order valence-electron chi connectivity index (χ1n) is 7.07. The molecular formula is C15H21ClN2OS. The zero-order valence-corrected chi connectivity index (χ0v) is 13.1. The van der Waals surface area contributed by atoms with Crippen LogP contribution in [0.3, 0.4) is 0 Å². The number of piperidine rings is 1. The maximum atomic E-state index is 12.0. The standard InChI is InChI=1S/C15H21ClN2OS/c16-12-5-7-14(8-6-12)20-10-2-4-15(19)18-9-1-3-13(17)11-18/h5-8,13H,1-4,9-11,17H2. The predicted octanol–water partition coefficient (Wildman–Crippen LogP) is 3.16. The highest BCUT2D eigenvalue weighted by Gasteiger charge is 2.20. The summed E-state index contributed by atoms with van der Waals surface area (Å²) in [4.78, 5) is 15.2. The van der Waals surface area contributed by atoms with Crippen LogP contribution < -0.4 is 5.73 Å². The minimum absolute atomic E-state index is 0.163. The van der Waals surface area contributed by atoms with E-state index in [2.05, 4.69) is 0 Å². The zero-order valence-electron chi connectivity index (χ0n) is 11.6. The van der Waals surface area contributed by atoms with E-state index >= 15 is 0 Å². The summed E-state index contributed by atoms with van der Waals surface area (Å²) in [6, 6.07) is 7.97. The Morgan fingerprint density at radius 3 is 2.85 bits per heavy atom. The smallest absolute Gasteiger partial charge is 0.222 e. The van der Waals surface area contributed by atoms with E-state index in [4.69, 9.17) is 17.3 Å².